The van der Waals surface area contributed by atoms with E-state index in [1.807, 2.05) is 4.90 Å². The molecule has 2 aromatic carbocycles. The number of nitrogens with zero attached hydrogens (tertiary/aromatic N) is 4. The second kappa shape index (κ2) is 7.81. The number of amides is 1. The Morgan fingerprint density at radius 2 is 1.61 bits per heavy atom. The average Bonchev–Trinajstić information content (AvgIpc) is 2.67. The molecule has 0 atom stereocenters. The predicted molar refractivity (Wildman–Crippen MR) is 104 cm³/mol. The van der Waals surface area contributed by atoms with E-state index >= 15 is 0 Å². The average molecular weight is 405 g/mol. The number of hydrogen-bond donors (Lipinski definition) is 0. The summed E-state index contributed by atoms with van der Waals surface area (Å²) in [6, 6.07) is 8.81. The number of nitro groups is 2. The van der Waals surface area contributed by atoms with Gasteiger partial charge in [0.05, 0.1) is 9.85 Å². The van der Waals surface area contributed by atoms with E-state index in [9.17, 15) is 25.0 Å². The first-order valence-corrected chi connectivity index (χ1v) is 8.89. The van der Waals surface area contributed by atoms with Gasteiger partial charge in [0.25, 0.3) is 17.3 Å². The fraction of sp³-hybridized carbons (Fsp3) is 0.278. The number of halogens is 1. The molecule has 1 aliphatic rings. The van der Waals surface area contributed by atoms with Crippen LogP contribution in [0.5, 0.6) is 0 Å². The summed E-state index contributed by atoms with van der Waals surface area (Å²) < 4.78 is 0. The van der Waals surface area contributed by atoms with Gasteiger partial charge in [-0.2, -0.15) is 0 Å². The first kappa shape index (κ1) is 19.6. The van der Waals surface area contributed by atoms with E-state index in [1.165, 1.54) is 24.3 Å². The molecule has 1 saturated heterocycles. The van der Waals surface area contributed by atoms with Gasteiger partial charge in [0.1, 0.15) is 5.69 Å². The number of carbonyl (C=O) groups is 1. The third-order valence-corrected chi connectivity index (χ3v) is 4.92. The summed E-state index contributed by atoms with van der Waals surface area (Å²) in [5, 5.41) is 22.5. The number of rotatable bonds is 4. The Morgan fingerprint density at radius 3 is 2.18 bits per heavy atom. The maximum absolute atomic E-state index is 12.7. The molecule has 0 unspecified atom stereocenters. The quantitative estimate of drug-likeness (QED) is 0.570. The van der Waals surface area contributed by atoms with Crippen molar-refractivity contribution in [1.29, 1.82) is 0 Å². The van der Waals surface area contributed by atoms with Gasteiger partial charge in [-0.3, -0.25) is 25.0 Å². The van der Waals surface area contributed by atoms with Crippen molar-refractivity contribution in [2.75, 3.05) is 31.1 Å². The minimum Gasteiger partial charge on any atom is -0.362 e. The highest BCUT2D eigenvalue weighted by molar-refractivity contribution is 6.30. The lowest BCUT2D eigenvalue weighted by molar-refractivity contribution is -0.385. The lowest BCUT2D eigenvalue weighted by Gasteiger charge is -2.35. The highest BCUT2D eigenvalue weighted by Crippen LogP contribution is 2.31. The van der Waals surface area contributed by atoms with Gasteiger partial charge in [-0.1, -0.05) is 11.6 Å². The predicted octanol–water partition coefficient (Wildman–Crippen LogP) is 3.43. The maximum Gasteiger partial charge on any atom is 0.294 e. The molecular formula is C18H17ClN4O5. The van der Waals surface area contributed by atoms with Gasteiger partial charge in [0.15, 0.2) is 0 Å². The summed E-state index contributed by atoms with van der Waals surface area (Å²) in [7, 11) is 0. The van der Waals surface area contributed by atoms with Crippen LogP contribution < -0.4 is 4.90 Å². The zero-order valence-corrected chi connectivity index (χ0v) is 15.8. The fourth-order valence-electron chi connectivity index (χ4n) is 3.24. The van der Waals surface area contributed by atoms with Gasteiger partial charge in [0.2, 0.25) is 0 Å². The number of nitro benzene ring substituents is 2. The molecule has 3 rings (SSSR count). The zero-order valence-electron chi connectivity index (χ0n) is 15.0. The fourth-order valence-corrected chi connectivity index (χ4v) is 3.40. The SMILES string of the molecule is Cc1cc(C(=O)N2CCN(c3ccc(Cl)cc3[N+](=O)[O-])CC2)ccc1[N+](=O)[O-]. The lowest BCUT2D eigenvalue weighted by atomic mass is 10.1. The van der Waals surface area contributed by atoms with E-state index in [-0.39, 0.29) is 22.3 Å². The van der Waals surface area contributed by atoms with Crippen LogP contribution in [0.2, 0.25) is 5.02 Å². The van der Waals surface area contributed by atoms with E-state index in [4.69, 9.17) is 11.6 Å². The third-order valence-electron chi connectivity index (χ3n) is 4.68. The Bertz CT molecular complexity index is 957. The van der Waals surface area contributed by atoms with Crippen molar-refractivity contribution in [3.05, 3.63) is 72.8 Å². The van der Waals surface area contributed by atoms with Gasteiger partial charge < -0.3 is 9.80 Å². The van der Waals surface area contributed by atoms with Gasteiger partial charge in [-0.05, 0) is 31.2 Å². The molecule has 0 saturated carbocycles. The van der Waals surface area contributed by atoms with Crippen molar-refractivity contribution in [3.63, 3.8) is 0 Å². The summed E-state index contributed by atoms with van der Waals surface area (Å²) in [5.74, 6) is -0.219. The second-order valence-corrected chi connectivity index (χ2v) is 6.86. The molecule has 1 aliphatic heterocycles. The Balaban J connectivity index is 1.72. The van der Waals surface area contributed by atoms with Crippen LogP contribution in [0.15, 0.2) is 36.4 Å². The maximum atomic E-state index is 12.7. The van der Waals surface area contributed by atoms with Crippen LogP contribution in [0.1, 0.15) is 15.9 Å². The van der Waals surface area contributed by atoms with Gasteiger partial charge >= 0.3 is 0 Å². The molecule has 1 heterocycles. The summed E-state index contributed by atoms with van der Waals surface area (Å²) in [5.41, 5.74) is 1.17. The Labute approximate surface area is 165 Å². The Hall–Kier alpha value is -3.20. The number of anilines is 1. The summed E-state index contributed by atoms with van der Waals surface area (Å²) >= 11 is 5.86. The van der Waals surface area contributed by atoms with E-state index in [2.05, 4.69) is 0 Å². The Morgan fingerprint density at radius 1 is 0.964 bits per heavy atom. The van der Waals surface area contributed by atoms with E-state index in [1.54, 1.807) is 24.0 Å². The molecule has 0 aliphatic carbocycles. The minimum atomic E-state index is -0.485. The van der Waals surface area contributed by atoms with Crippen molar-refractivity contribution in [2.45, 2.75) is 6.92 Å². The molecule has 1 fully saturated rings. The monoisotopic (exact) mass is 404 g/mol. The second-order valence-electron chi connectivity index (χ2n) is 6.43. The van der Waals surface area contributed by atoms with Crippen LogP contribution in [0.25, 0.3) is 0 Å². The van der Waals surface area contributed by atoms with Crippen LogP contribution in [0, 0.1) is 27.2 Å². The number of benzene rings is 2. The van der Waals surface area contributed by atoms with Crippen LogP contribution in [-0.4, -0.2) is 46.8 Å². The van der Waals surface area contributed by atoms with Gasteiger partial charge in [0, 0.05) is 54.5 Å². The van der Waals surface area contributed by atoms with Crippen LogP contribution >= 0.6 is 11.6 Å². The standard InChI is InChI=1S/C18H17ClN4O5/c1-12-10-13(2-4-15(12)22(25)26)18(24)21-8-6-20(7-9-21)16-5-3-14(19)11-17(16)23(27)28/h2-5,10-11H,6-9H2,1H3. The summed E-state index contributed by atoms with van der Waals surface area (Å²) in [4.78, 5) is 37.4. The van der Waals surface area contributed by atoms with Crippen LogP contribution in [0.4, 0.5) is 17.1 Å². The van der Waals surface area contributed by atoms with Crippen molar-refractivity contribution < 1.29 is 14.6 Å². The molecule has 0 bridgehead atoms. The highest BCUT2D eigenvalue weighted by Gasteiger charge is 2.27. The minimum absolute atomic E-state index is 0.0311. The smallest absolute Gasteiger partial charge is 0.294 e. The Kier molecular flexibility index (Phi) is 5.46. The van der Waals surface area contributed by atoms with Crippen molar-refractivity contribution >= 4 is 34.6 Å². The lowest BCUT2D eigenvalue weighted by Crippen LogP contribution is -2.49. The molecule has 0 N–H and O–H groups in total. The zero-order chi connectivity index (χ0) is 20.4. The summed E-state index contributed by atoms with van der Waals surface area (Å²) in [6.07, 6.45) is 0. The first-order chi connectivity index (χ1) is 13.3. The van der Waals surface area contributed by atoms with Crippen molar-refractivity contribution in [2.24, 2.45) is 0 Å². The number of aryl methyl sites for hydroxylation is 1. The number of hydrogen-bond acceptors (Lipinski definition) is 6. The van der Waals surface area contributed by atoms with E-state index in [0.717, 1.165) is 0 Å². The first-order valence-electron chi connectivity index (χ1n) is 8.51. The molecule has 9 nitrogen and oxygen atoms in total. The van der Waals surface area contributed by atoms with E-state index in [0.29, 0.717) is 43.0 Å². The van der Waals surface area contributed by atoms with Gasteiger partial charge in [-0.25, -0.2) is 0 Å². The normalized spacial score (nSPS) is 14.1. The van der Waals surface area contributed by atoms with Crippen LogP contribution in [0.3, 0.4) is 0 Å². The molecule has 0 radical (unpaired) electrons. The van der Waals surface area contributed by atoms with Crippen molar-refractivity contribution in [1.82, 2.24) is 4.90 Å². The molecule has 0 aromatic heterocycles. The van der Waals surface area contributed by atoms with Gasteiger partial charge in [-0.15, -0.1) is 0 Å². The molecule has 28 heavy (non-hydrogen) atoms. The summed E-state index contributed by atoms with van der Waals surface area (Å²) in [6.45, 7) is 3.22. The number of piperazine rings is 1. The molecule has 1 amide bonds. The van der Waals surface area contributed by atoms with Crippen LogP contribution in [-0.2, 0) is 0 Å². The molecule has 10 heteroatoms. The molecule has 0 spiro atoms. The van der Waals surface area contributed by atoms with Crippen molar-refractivity contribution in [3.8, 4) is 0 Å². The highest BCUT2D eigenvalue weighted by atomic mass is 35.5. The topological polar surface area (TPSA) is 110 Å². The van der Waals surface area contributed by atoms with E-state index < -0.39 is 9.85 Å². The molecule has 2 aromatic rings. The third kappa shape index (κ3) is 3.89. The number of carbonyl (C=O) groups excluding carboxylic acids is 1. The molecule has 146 valence electrons. The molecular weight excluding hydrogens is 388 g/mol. The largest absolute Gasteiger partial charge is 0.362 e.